The van der Waals surface area contributed by atoms with Gasteiger partial charge < -0.3 is 16.4 Å². The van der Waals surface area contributed by atoms with Crippen molar-refractivity contribution in [3.05, 3.63) is 65.2 Å². The van der Waals surface area contributed by atoms with E-state index in [1.54, 1.807) is 31.2 Å². The van der Waals surface area contributed by atoms with E-state index in [0.29, 0.717) is 5.69 Å². The van der Waals surface area contributed by atoms with Crippen molar-refractivity contribution >= 4 is 17.6 Å². The number of urea groups is 1. The summed E-state index contributed by atoms with van der Waals surface area (Å²) in [5, 5.41) is 5.04. The maximum absolute atomic E-state index is 12.7. The van der Waals surface area contributed by atoms with E-state index in [2.05, 4.69) is 10.6 Å². The zero-order valence-electron chi connectivity index (χ0n) is 13.2. The summed E-state index contributed by atoms with van der Waals surface area (Å²) >= 11 is 0. The molecule has 0 aromatic heterocycles. The smallest absolute Gasteiger partial charge is 0.351 e. The summed E-state index contributed by atoms with van der Waals surface area (Å²) in [6.45, 7) is 1.70. The van der Waals surface area contributed by atoms with Crippen molar-refractivity contribution in [2.75, 3.05) is 5.32 Å². The Morgan fingerprint density at radius 1 is 1.08 bits per heavy atom. The highest BCUT2D eigenvalue weighted by molar-refractivity contribution is 5.94. The quantitative estimate of drug-likeness (QED) is 0.785. The van der Waals surface area contributed by atoms with Crippen molar-refractivity contribution in [1.29, 1.82) is 0 Å². The molecule has 132 valence electrons. The van der Waals surface area contributed by atoms with Crippen LogP contribution in [0.25, 0.3) is 0 Å². The van der Waals surface area contributed by atoms with Crippen molar-refractivity contribution in [2.45, 2.75) is 19.1 Å². The number of alkyl halides is 3. The Balaban J connectivity index is 2.08. The average molecular weight is 351 g/mol. The number of primary amides is 1. The first-order valence-electron chi connectivity index (χ1n) is 7.31. The third kappa shape index (κ3) is 4.97. The van der Waals surface area contributed by atoms with E-state index in [1.165, 1.54) is 12.1 Å². The summed E-state index contributed by atoms with van der Waals surface area (Å²) in [5.74, 6) is -0.613. The van der Waals surface area contributed by atoms with Gasteiger partial charge >= 0.3 is 12.2 Å². The number of carbonyl (C=O) groups is 2. The maximum Gasteiger partial charge on any atom is 0.416 e. The highest BCUT2D eigenvalue weighted by Gasteiger charge is 2.31. The molecule has 0 fully saturated rings. The maximum atomic E-state index is 12.7. The van der Waals surface area contributed by atoms with Crippen molar-refractivity contribution in [3.8, 4) is 0 Å². The second-order valence-corrected chi connectivity index (χ2v) is 5.38. The molecule has 0 saturated carbocycles. The summed E-state index contributed by atoms with van der Waals surface area (Å²) in [6, 6.07) is 9.63. The molecule has 0 heterocycles. The minimum Gasteiger partial charge on any atom is -0.351 e. The summed E-state index contributed by atoms with van der Waals surface area (Å²) in [4.78, 5) is 22.9. The fraction of sp³-hybridized carbons (Fsp3) is 0.176. The number of halogens is 3. The van der Waals surface area contributed by atoms with Gasteiger partial charge in [0.2, 0.25) is 0 Å². The first-order valence-corrected chi connectivity index (χ1v) is 7.31. The van der Waals surface area contributed by atoms with E-state index in [4.69, 9.17) is 5.73 Å². The van der Waals surface area contributed by atoms with Gasteiger partial charge in [0.15, 0.2) is 0 Å². The number of anilines is 1. The molecule has 2 rings (SSSR count). The van der Waals surface area contributed by atoms with Gasteiger partial charge in [0.05, 0.1) is 11.6 Å². The number of carbonyl (C=O) groups excluding carboxylic acids is 2. The Kier molecular flexibility index (Phi) is 5.31. The van der Waals surface area contributed by atoms with Gasteiger partial charge in [0.25, 0.3) is 5.91 Å². The third-order valence-corrected chi connectivity index (χ3v) is 3.48. The summed E-state index contributed by atoms with van der Waals surface area (Å²) in [6.07, 6.45) is -4.51. The molecular formula is C17H16F3N3O2. The summed E-state index contributed by atoms with van der Waals surface area (Å²) < 4.78 is 38.1. The van der Waals surface area contributed by atoms with Crippen molar-refractivity contribution in [3.63, 3.8) is 0 Å². The van der Waals surface area contributed by atoms with Gasteiger partial charge in [-0.3, -0.25) is 4.79 Å². The van der Waals surface area contributed by atoms with Crippen LogP contribution < -0.4 is 16.4 Å². The number of hydrogen-bond acceptors (Lipinski definition) is 2. The Morgan fingerprint density at radius 2 is 1.72 bits per heavy atom. The Hall–Kier alpha value is -3.03. The van der Waals surface area contributed by atoms with Gasteiger partial charge in [-0.25, -0.2) is 4.79 Å². The first-order chi connectivity index (χ1) is 11.7. The fourth-order valence-corrected chi connectivity index (χ4v) is 2.20. The number of benzene rings is 2. The molecule has 8 heteroatoms. The number of amides is 3. The van der Waals surface area contributed by atoms with Crippen molar-refractivity contribution < 1.29 is 22.8 Å². The molecular weight excluding hydrogens is 335 g/mol. The van der Waals surface area contributed by atoms with E-state index >= 15 is 0 Å². The Morgan fingerprint density at radius 3 is 2.28 bits per heavy atom. The number of hydrogen-bond donors (Lipinski definition) is 3. The molecule has 0 bridgehead atoms. The van der Waals surface area contributed by atoms with Gasteiger partial charge in [-0.15, -0.1) is 0 Å². The molecule has 0 saturated heterocycles. The Labute approximate surface area is 142 Å². The molecule has 5 nitrogen and oxygen atoms in total. The molecule has 2 aromatic carbocycles. The average Bonchev–Trinajstić information content (AvgIpc) is 2.54. The second-order valence-electron chi connectivity index (χ2n) is 5.38. The standard InChI is InChI=1S/C17H16F3N3O2/c1-10(11-5-7-14(8-6-11)23-16(21)25)22-15(24)12-3-2-4-13(9-12)17(18,19)20/h2-10H,1H3,(H,22,24)(H3,21,23,25). The zero-order valence-corrected chi connectivity index (χ0v) is 13.2. The number of rotatable bonds is 4. The van der Waals surface area contributed by atoms with Gasteiger partial charge in [0.1, 0.15) is 0 Å². The van der Waals surface area contributed by atoms with Crippen LogP contribution in [0.1, 0.15) is 34.5 Å². The summed E-state index contributed by atoms with van der Waals surface area (Å²) in [7, 11) is 0. The van der Waals surface area contributed by atoms with Crippen LogP contribution in [-0.2, 0) is 6.18 Å². The highest BCUT2D eigenvalue weighted by Crippen LogP contribution is 2.29. The topological polar surface area (TPSA) is 84.2 Å². The third-order valence-electron chi connectivity index (χ3n) is 3.48. The van der Waals surface area contributed by atoms with Gasteiger partial charge in [0, 0.05) is 11.3 Å². The molecule has 1 unspecified atom stereocenters. The SMILES string of the molecule is CC(NC(=O)c1cccc(C(F)(F)F)c1)c1ccc(NC(N)=O)cc1. The molecule has 1 atom stereocenters. The predicted molar refractivity (Wildman–Crippen MR) is 87.0 cm³/mol. The van der Waals surface area contributed by atoms with E-state index in [9.17, 15) is 22.8 Å². The van der Waals surface area contributed by atoms with E-state index in [-0.39, 0.29) is 5.56 Å². The number of nitrogens with one attached hydrogen (secondary N) is 2. The van der Waals surface area contributed by atoms with Crippen LogP contribution in [0.5, 0.6) is 0 Å². The monoisotopic (exact) mass is 351 g/mol. The van der Waals surface area contributed by atoms with Crippen LogP contribution in [-0.4, -0.2) is 11.9 Å². The normalized spacial score (nSPS) is 12.3. The van der Waals surface area contributed by atoms with Crippen LogP contribution in [0.2, 0.25) is 0 Å². The van der Waals surface area contributed by atoms with Crippen LogP contribution in [0.3, 0.4) is 0 Å². The van der Waals surface area contributed by atoms with E-state index < -0.39 is 29.7 Å². The van der Waals surface area contributed by atoms with Gasteiger partial charge in [-0.05, 0) is 42.8 Å². The molecule has 3 amide bonds. The summed E-state index contributed by atoms with van der Waals surface area (Å²) in [5.41, 5.74) is 5.26. The molecule has 0 aliphatic carbocycles. The lowest BCUT2D eigenvalue weighted by molar-refractivity contribution is -0.137. The molecule has 2 aromatic rings. The van der Waals surface area contributed by atoms with Gasteiger partial charge in [-0.2, -0.15) is 13.2 Å². The van der Waals surface area contributed by atoms with Crippen LogP contribution in [0, 0.1) is 0 Å². The molecule has 25 heavy (non-hydrogen) atoms. The molecule has 0 aliphatic rings. The minimum atomic E-state index is -4.51. The van der Waals surface area contributed by atoms with Gasteiger partial charge in [-0.1, -0.05) is 18.2 Å². The second kappa shape index (κ2) is 7.25. The van der Waals surface area contributed by atoms with Crippen molar-refractivity contribution in [2.24, 2.45) is 5.73 Å². The van der Waals surface area contributed by atoms with E-state index in [1.807, 2.05) is 0 Å². The van der Waals surface area contributed by atoms with Crippen LogP contribution >= 0.6 is 0 Å². The minimum absolute atomic E-state index is 0.0753. The lowest BCUT2D eigenvalue weighted by Crippen LogP contribution is -2.27. The lowest BCUT2D eigenvalue weighted by atomic mass is 10.1. The molecule has 4 N–H and O–H groups in total. The molecule has 0 radical (unpaired) electrons. The molecule has 0 spiro atoms. The number of nitrogens with two attached hydrogens (primary N) is 1. The van der Waals surface area contributed by atoms with Crippen molar-refractivity contribution in [1.82, 2.24) is 5.32 Å². The largest absolute Gasteiger partial charge is 0.416 e. The van der Waals surface area contributed by atoms with Crippen LogP contribution in [0.4, 0.5) is 23.7 Å². The fourth-order valence-electron chi connectivity index (χ4n) is 2.20. The Bertz CT molecular complexity index is 773. The first kappa shape index (κ1) is 18.3. The molecule has 0 aliphatic heterocycles. The zero-order chi connectivity index (χ0) is 18.6. The predicted octanol–water partition coefficient (Wildman–Crippen LogP) is 3.69. The van der Waals surface area contributed by atoms with E-state index in [0.717, 1.165) is 17.7 Å². The van der Waals surface area contributed by atoms with Crippen LogP contribution in [0.15, 0.2) is 48.5 Å². The highest BCUT2D eigenvalue weighted by atomic mass is 19.4. The lowest BCUT2D eigenvalue weighted by Gasteiger charge is -2.16.